The second-order valence-electron chi connectivity index (χ2n) is 6.76. The van der Waals surface area contributed by atoms with Crippen LogP contribution in [0.3, 0.4) is 0 Å². The van der Waals surface area contributed by atoms with Crippen molar-refractivity contribution in [1.82, 2.24) is 9.13 Å². The Morgan fingerprint density at radius 1 is 0.692 bits per heavy atom. The van der Waals surface area contributed by atoms with Gasteiger partial charge < -0.3 is 0 Å². The summed E-state index contributed by atoms with van der Waals surface area (Å²) in [5.41, 5.74) is 2.72. The van der Waals surface area contributed by atoms with E-state index in [1.54, 1.807) is 0 Å². The van der Waals surface area contributed by atoms with Gasteiger partial charge in [0.2, 0.25) is 12.7 Å². The number of rotatable bonds is 6. The minimum atomic E-state index is 0.896. The minimum Gasteiger partial charge on any atom is -0.237 e. The molecule has 0 aliphatic heterocycles. The molecule has 0 aliphatic carbocycles. The van der Waals surface area contributed by atoms with E-state index in [9.17, 15) is 0 Å². The number of nitrogens with zero attached hydrogens (tertiary/aromatic N) is 4. The van der Waals surface area contributed by atoms with Gasteiger partial charge in [-0.2, -0.15) is 0 Å². The Balaban J connectivity index is 1.68. The van der Waals surface area contributed by atoms with Gasteiger partial charge in [-0.05, 0) is 24.6 Å². The van der Waals surface area contributed by atoms with E-state index in [4.69, 9.17) is 0 Å². The van der Waals surface area contributed by atoms with Crippen LogP contribution in [0.25, 0.3) is 10.8 Å². The lowest BCUT2D eigenvalue weighted by molar-refractivity contribution is -0.688. The number of hydrogen-bond donors (Lipinski definition) is 0. The molecule has 0 saturated heterocycles. The number of benzene rings is 2. The molecular weight excluding hydrogens is 320 g/mol. The predicted octanol–water partition coefficient (Wildman–Crippen LogP) is 3.15. The van der Waals surface area contributed by atoms with Crippen LogP contribution in [0.2, 0.25) is 0 Å². The zero-order valence-electron chi connectivity index (χ0n) is 15.5. The van der Waals surface area contributed by atoms with Crippen molar-refractivity contribution < 1.29 is 9.13 Å². The molecule has 4 nitrogen and oxygen atoms in total. The third-order valence-corrected chi connectivity index (χ3v) is 5.03. The van der Waals surface area contributed by atoms with Gasteiger partial charge in [0.15, 0.2) is 0 Å². The lowest BCUT2D eigenvalue weighted by atomic mass is 9.99. The zero-order chi connectivity index (χ0) is 17.9. The number of imidazole rings is 2. The van der Waals surface area contributed by atoms with Crippen molar-refractivity contribution in [2.75, 3.05) is 0 Å². The number of hydrogen-bond acceptors (Lipinski definition) is 0. The SMILES string of the molecule is CCn1cc[n+](Cc2ccc(C[n+]3ccn(CC)c3)c3ccccc23)c1. The highest BCUT2D eigenvalue weighted by molar-refractivity contribution is 5.88. The molecule has 2 aromatic carbocycles. The van der Waals surface area contributed by atoms with E-state index < -0.39 is 0 Å². The maximum absolute atomic E-state index is 2.28. The zero-order valence-corrected chi connectivity index (χ0v) is 15.5. The van der Waals surface area contributed by atoms with Crippen molar-refractivity contribution in [2.24, 2.45) is 0 Å². The smallest absolute Gasteiger partial charge is 0.237 e. The van der Waals surface area contributed by atoms with Gasteiger partial charge in [0.1, 0.15) is 37.9 Å². The summed E-state index contributed by atoms with van der Waals surface area (Å²) in [6, 6.07) is 13.3. The van der Waals surface area contributed by atoms with E-state index in [0.717, 1.165) is 26.2 Å². The molecule has 0 unspecified atom stereocenters. The lowest BCUT2D eigenvalue weighted by Crippen LogP contribution is -2.32. The average Bonchev–Trinajstić information content (AvgIpc) is 3.33. The van der Waals surface area contributed by atoms with Gasteiger partial charge >= 0.3 is 0 Å². The Morgan fingerprint density at radius 3 is 1.54 bits per heavy atom. The third kappa shape index (κ3) is 3.27. The van der Waals surface area contributed by atoms with Crippen molar-refractivity contribution in [3.05, 3.63) is 85.0 Å². The Hall–Kier alpha value is -2.88. The highest BCUT2D eigenvalue weighted by Gasteiger charge is 2.11. The quantitative estimate of drug-likeness (QED) is 0.477. The fourth-order valence-electron chi connectivity index (χ4n) is 3.53. The topological polar surface area (TPSA) is 17.6 Å². The first-order valence-corrected chi connectivity index (χ1v) is 9.36. The molecule has 2 heterocycles. The number of aromatic nitrogens is 4. The van der Waals surface area contributed by atoms with Crippen molar-refractivity contribution in [3.8, 4) is 0 Å². The van der Waals surface area contributed by atoms with Crippen molar-refractivity contribution >= 4 is 10.8 Å². The van der Waals surface area contributed by atoms with Crippen LogP contribution < -0.4 is 9.13 Å². The van der Waals surface area contributed by atoms with E-state index in [-0.39, 0.29) is 0 Å². The second kappa shape index (κ2) is 7.16. The summed E-state index contributed by atoms with van der Waals surface area (Å²) in [6.45, 7) is 8.12. The first-order chi connectivity index (χ1) is 12.8. The van der Waals surface area contributed by atoms with E-state index >= 15 is 0 Å². The van der Waals surface area contributed by atoms with E-state index in [1.165, 1.54) is 21.9 Å². The summed E-state index contributed by atoms with van der Waals surface area (Å²) in [5, 5.41) is 2.69. The van der Waals surface area contributed by atoms with Crippen LogP contribution in [0, 0.1) is 0 Å². The van der Waals surface area contributed by atoms with Gasteiger partial charge in [0.25, 0.3) is 0 Å². The molecule has 0 radical (unpaired) electrons. The molecule has 4 heteroatoms. The molecule has 2 aromatic heterocycles. The molecule has 26 heavy (non-hydrogen) atoms. The fourth-order valence-corrected chi connectivity index (χ4v) is 3.53. The Morgan fingerprint density at radius 2 is 1.15 bits per heavy atom. The van der Waals surface area contributed by atoms with Crippen LogP contribution in [-0.4, -0.2) is 9.13 Å². The Bertz CT molecular complexity index is 943. The number of fused-ring (bicyclic) bond motifs is 1. The molecule has 0 saturated carbocycles. The molecule has 4 aromatic rings. The number of aryl methyl sites for hydroxylation is 2. The largest absolute Gasteiger partial charge is 0.244 e. The maximum atomic E-state index is 2.28. The highest BCUT2D eigenvalue weighted by atomic mass is 15.1. The van der Waals surface area contributed by atoms with E-state index in [1.807, 2.05) is 0 Å². The normalized spacial score (nSPS) is 11.3. The van der Waals surface area contributed by atoms with Crippen LogP contribution >= 0.6 is 0 Å². The minimum absolute atomic E-state index is 0.896. The van der Waals surface area contributed by atoms with Gasteiger partial charge in [-0.1, -0.05) is 36.4 Å². The first kappa shape index (κ1) is 16.6. The van der Waals surface area contributed by atoms with E-state index in [0.29, 0.717) is 0 Å². The van der Waals surface area contributed by atoms with Crippen molar-refractivity contribution in [3.63, 3.8) is 0 Å². The average molecular weight is 346 g/mol. The molecule has 0 aliphatic rings. The fraction of sp³-hybridized carbons (Fsp3) is 0.273. The highest BCUT2D eigenvalue weighted by Crippen LogP contribution is 2.23. The van der Waals surface area contributed by atoms with Gasteiger partial charge in [-0.25, -0.2) is 18.3 Å². The summed E-state index contributed by atoms with van der Waals surface area (Å²) >= 11 is 0. The molecule has 0 amide bonds. The van der Waals surface area contributed by atoms with Gasteiger partial charge in [0.05, 0.1) is 13.1 Å². The van der Waals surface area contributed by atoms with E-state index in [2.05, 4.69) is 106 Å². The van der Waals surface area contributed by atoms with Crippen LogP contribution in [-0.2, 0) is 26.2 Å². The standard InChI is InChI=1S/C22H26N4/c1-3-23-11-13-25(17-23)15-19-9-10-20(22-8-6-5-7-21(19)22)16-26-14-12-24(4-2)18-26/h5-14,17-18H,3-4,15-16H2,1-2H3/q+2. The Labute approximate surface area is 154 Å². The van der Waals surface area contributed by atoms with Crippen LogP contribution in [0.1, 0.15) is 25.0 Å². The second-order valence-corrected chi connectivity index (χ2v) is 6.76. The van der Waals surface area contributed by atoms with Gasteiger partial charge in [-0.3, -0.25) is 0 Å². The molecule has 132 valence electrons. The van der Waals surface area contributed by atoms with Crippen LogP contribution in [0.15, 0.2) is 73.8 Å². The monoisotopic (exact) mass is 346 g/mol. The summed E-state index contributed by atoms with van der Waals surface area (Å²) in [4.78, 5) is 0. The molecule has 4 rings (SSSR count). The van der Waals surface area contributed by atoms with Crippen LogP contribution in [0.4, 0.5) is 0 Å². The maximum Gasteiger partial charge on any atom is 0.244 e. The summed E-state index contributed by atoms with van der Waals surface area (Å²) < 4.78 is 8.90. The summed E-state index contributed by atoms with van der Waals surface area (Å²) in [5.74, 6) is 0. The Kier molecular flexibility index (Phi) is 4.57. The van der Waals surface area contributed by atoms with Crippen LogP contribution in [0.5, 0.6) is 0 Å². The molecule has 0 spiro atoms. The molecule has 0 fully saturated rings. The third-order valence-electron chi connectivity index (χ3n) is 5.03. The summed E-state index contributed by atoms with van der Waals surface area (Å²) in [6.07, 6.45) is 12.9. The van der Waals surface area contributed by atoms with Crippen molar-refractivity contribution in [2.45, 2.75) is 40.0 Å². The lowest BCUT2D eigenvalue weighted by Gasteiger charge is -2.09. The van der Waals surface area contributed by atoms with Crippen molar-refractivity contribution in [1.29, 1.82) is 0 Å². The van der Waals surface area contributed by atoms with Gasteiger partial charge in [0, 0.05) is 11.1 Å². The summed E-state index contributed by atoms with van der Waals surface area (Å²) in [7, 11) is 0. The molecule has 0 bridgehead atoms. The molecule has 0 N–H and O–H groups in total. The first-order valence-electron chi connectivity index (χ1n) is 9.36. The van der Waals surface area contributed by atoms with Gasteiger partial charge in [-0.15, -0.1) is 0 Å². The molecular formula is C22H26N4+2. The predicted molar refractivity (Wildman–Crippen MR) is 103 cm³/mol. The molecule has 0 atom stereocenters.